The number of nitrogens with zero attached hydrogens (tertiary/aromatic N) is 1. The number of benzene rings is 4. The second-order valence-corrected chi connectivity index (χ2v) is 6.74. The minimum absolute atomic E-state index is 0. The average Bonchev–Trinajstić information content (AvgIpc) is 3.56. The molecular weight excluding hydrogens is 365 g/mol. The summed E-state index contributed by atoms with van der Waals surface area (Å²) in [5, 5.41) is 9.25. The predicted octanol–water partition coefficient (Wildman–Crippen LogP) is 4.64. The van der Waals surface area contributed by atoms with Crippen LogP contribution in [0.2, 0.25) is 0 Å². The van der Waals surface area contributed by atoms with Crippen molar-refractivity contribution in [1.29, 1.82) is 0 Å². The maximum atomic E-state index is 4.36. The van der Waals surface area contributed by atoms with Gasteiger partial charge in [0.15, 0.2) is 0 Å². The summed E-state index contributed by atoms with van der Waals surface area (Å²) in [5.74, 6) is 0. The van der Waals surface area contributed by atoms with Gasteiger partial charge < -0.3 is 5.32 Å². The van der Waals surface area contributed by atoms with Crippen LogP contribution in [0.1, 0.15) is 16.7 Å². The molecule has 1 aliphatic heterocycles. The van der Waals surface area contributed by atoms with Crippen molar-refractivity contribution in [3.63, 3.8) is 0 Å². The minimum atomic E-state index is 0. The first-order chi connectivity index (χ1) is 13.3. The molecule has 0 N–H and O–H groups in total. The van der Waals surface area contributed by atoms with Crippen molar-refractivity contribution < 1.29 is 51.4 Å². The molecule has 1 aliphatic rings. The zero-order valence-electron chi connectivity index (χ0n) is 15.9. The summed E-state index contributed by atoms with van der Waals surface area (Å²) in [6, 6.07) is 23.6. The molecule has 1 heterocycles. The summed E-state index contributed by atoms with van der Waals surface area (Å²) in [6.07, 6.45) is 5.79. The van der Waals surface area contributed by atoms with Gasteiger partial charge in [-0.3, -0.25) is 0 Å². The van der Waals surface area contributed by atoms with Gasteiger partial charge in [-0.05, 0) is 55.4 Å². The first-order valence-corrected chi connectivity index (χ1v) is 9.06. The molecule has 0 saturated heterocycles. The van der Waals surface area contributed by atoms with E-state index >= 15 is 0 Å². The van der Waals surface area contributed by atoms with Crippen LogP contribution in [0.25, 0.3) is 55.8 Å². The Balaban J connectivity index is 0.00000192. The molecule has 4 aromatic carbocycles. The van der Waals surface area contributed by atoms with Gasteiger partial charge in [-0.1, -0.05) is 86.0 Å². The van der Waals surface area contributed by atoms with E-state index in [4.69, 9.17) is 0 Å². The summed E-state index contributed by atoms with van der Waals surface area (Å²) in [4.78, 5) is 0. The predicted molar refractivity (Wildman–Crippen MR) is 118 cm³/mol. The van der Waals surface area contributed by atoms with E-state index in [-0.39, 0.29) is 51.4 Å². The van der Waals surface area contributed by atoms with Crippen LogP contribution >= 0.6 is 0 Å². The fourth-order valence-electron chi connectivity index (χ4n) is 4.00. The van der Waals surface area contributed by atoms with Crippen LogP contribution < -0.4 is 51.4 Å². The Morgan fingerprint density at radius 1 is 0.679 bits per heavy atom. The number of hydrogen-bond acceptors (Lipinski definition) is 0. The van der Waals surface area contributed by atoms with Gasteiger partial charge in [-0.15, -0.1) is 0 Å². The Morgan fingerprint density at radius 3 is 1.89 bits per heavy atom. The molecule has 0 amide bonds. The smallest absolute Gasteiger partial charge is 0.666 e. The van der Waals surface area contributed by atoms with Crippen molar-refractivity contribution in [3.05, 3.63) is 108 Å². The molecule has 0 aliphatic carbocycles. The Kier molecular flexibility index (Phi) is 5.41. The van der Waals surface area contributed by atoms with E-state index in [1.54, 1.807) is 0 Å². The summed E-state index contributed by atoms with van der Waals surface area (Å²) >= 11 is 0. The molecule has 0 bridgehead atoms. The van der Waals surface area contributed by atoms with Gasteiger partial charge in [0.1, 0.15) is 0 Å². The summed E-state index contributed by atoms with van der Waals surface area (Å²) in [5.41, 5.74) is 6.79. The normalized spacial score (nSPS) is 12.1. The Hall–Kier alpha value is -1.94. The fraction of sp³-hybridized carbons (Fsp3) is 0. The van der Waals surface area contributed by atoms with Crippen molar-refractivity contribution >= 4 is 39.4 Å². The first-order valence-electron chi connectivity index (χ1n) is 9.06. The van der Waals surface area contributed by atoms with Gasteiger partial charge >= 0.3 is 51.4 Å². The topological polar surface area (TPSA) is 14.1 Å². The van der Waals surface area contributed by atoms with Crippen molar-refractivity contribution in [2.45, 2.75) is 0 Å². The summed E-state index contributed by atoms with van der Waals surface area (Å²) < 4.78 is 0. The van der Waals surface area contributed by atoms with Crippen LogP contribution in [-0.2, 0) is 0 Å². The van der Waals surface area contributed by atoms with Crippen LogP contribution in [0, 0.1) is 0 Å². The molecule has 2 heteroatoms. The molecule has 0 atom stereocenters. The molecule has 0 radical (unpaired) electrons. The molecule has 4 aromatic rings. The van der Waals surface area contributed by atoms with Crippen LogP contribution in [-0.4, -0.2) is 0 Å². The van der Waals surface area contributed by atoms with E-state index in [1.807, 2.05) is 18.4 Å². The number of fused-ring (bicyclic) bond motifs is 2. The van der Waals surface area contributed by atoms with Gasteiger partial charge in [0.2, 0.25) is 0 Å². The standard InChI is InChI=1S/C26H18N.K/c1-3-20-21(4-2)26(24-16-27-24)23-12-8-7-11-22(23)25(20)19-14-13-17-9-5-6-10-18(17)15-19;/h3-16H,1-2H2;/q-1;+1. The Morgan fingerprint density at radius 2 is 1.25 bits per heavy atom. The zero-order chi connectivity index (χ0) is 18.4. The van der Waals surface area contributed by atoms with Crippen LogP contribution in [0.15, 0.2) is 86.1 Å². The molecule has 0 aromatic heterocycles. The van der Waals surface area contributed by atoms with E-state index in [2.05, 4.69) is 85.2 Å². The van der Waals surface area contributed by atoms with E-state index in [0.717, 1.165) is 22.4 Å². The van der Waals surface area contributed by atoms with Gasteiger partial charge in [0.05, 0.1) is 0 Å². The van der Waals surface area contributed by atoms with E-state index in [9.17, 15) is 0 Å². The Labute approximate surface area is 207 Å². The quantitative estimate of drug-likeness (QED) is 0.456. The minimum Gasteiger partial charge on any atom is -0.666 e. The second-order valence-electron chi connectivity index (χ2n) is 6.74. The van der Waals surface area contributed by atoms with E-state index in [1.165, 1.54) is 32.7 Å². The molecule has 128 valence electrons. The SMILES string of the molecule is C=Cc1c(C=C)c(-c2ccc3ccccc3c2)c2ccccc2c1C1=C[N-]1.[K+]. The van der Waals surface area contributed by atoms with Gasteiger partial charge in [0, 0.05) is 0 Å². The number of rotatable bonds is 4. The largest absolute Gasteiger partial charge is 1.00 e. The molecule has 5 rings (SSSR count). The van der Waals surface area contributed by atoms with Crippen molar-refractivity contribution in [1.82, 2.24) is 0 Å². The zero-order valence-corrected chi connectivity index (χ0v) is 19.1. The van der Waals surface area contributed by atoms with Crippen LogP contribution in [0.3, 0.4) is 0 Å². The molecule has 28 heavy (non-hydrogen) atoms. The molecular formula is C26H18KN. The van der Waals surface area contributed by atoms with E-state index in [0.29, 0.717) is 0 Å². The molecule has 0 saturated carbocycles. The van der Waals surface area contributed by atoms with Crippen LogP contribution in [0.4, 0.5) is 0 Å². The summed E-state index contributed by atoms with van der Waals surface area (Å²) in [6.45, 7) is 8.20. The molecule has 0 spiro atoms. The fourth-order valence-corrected chi connectivity index (χ4v) is 4.00. The average molecular weight is 384 g/mol. The number of hydrogen-bond donors (Lipinski definition) is 0. The van der Waals surface area contributed by atoms with Crippen LogP contribution in [0.5, 0.6) is 0 Å². The second kappa shape index (κ2) is 7.82. The molecule has 0 fully saturated rings. The van der Waals surface area contributed by atoms with Crippen molar-refractivity contribution in [2.75, 3.05) is 0 Å². The first kappa shape index (κ1) is 19.4. The molecule has 1 nitrogen and oxygen atoms in total. The monoisotopic (exact) mass is 383 g/mol. The third-order valence-corrected chi connectivity index (χ3v) is 5.26. The van der Waals surface area contributed by atoms with Crippen molar-refractivity contribution in [3.8, 4) is 11.1 Å². The third-order valence-electron chi connectivity index (χ3n) is 5.26. The summed E-state index contributed by atoms with van der Waals surface area (Å²) in [7, 11) is 0. The maximum Gasteiger partial charge on any atom is 1.00 e. The van der Waals surface area contributed by atoms with Crippen molar-refractivity contribution in [2.24, 2.45) is 0 Å². The Bertz CT molecular complexity index is 1280. The molecule has 0 unspecified atom stereocenters. The van der Waals surface area contributed by atoms with Gasteiger partial charge in [0.25, 0.3) is 0 Å². The van der Waals surface area contributed by atoms with Gasteiger partial charge in [-0.2, -0.15) is 11.9 Å². The van der Waals surface area contributed by atoms with Gasteiger partial charge in [-0.25, -0.2) is 0 Å². The third kappa shape index (κ3) is 3.12. The maximum absolute atomic E-state index is 4.36. The van der Waals surface area contributed by atoms with E-state index < -0.39 is 0 Å².